The first-order chi connectivity index (χ1) is 13.1. The van der Waals surface area contributed by atoms with Gasteiger partial charge in [0.25, 0.3) is 0 Å². The van der Waals surface area contributed by atoms with Gasteiger partial charge >= 0.3 is 0 Å². The van der Waals surface area contributed by atoms with E-state index in [1.165, 1.54) is 23.1 Å². The molecule has 0 saturated carbocycles. The Kier molecular flexibility index (Phi) is 8.79. The summed E-state index contributed by atoms with van der Waals surface area (Å²) < 4.78 is 2.25. The molecular formula is C22H34IN5. The summed E-state index contributed by atoms with van der Waals surface area (Å²) in [4.78, 5) is 11.6. The van der Waals surface area contributed by atoms with Crippen LogP contribution in [0.5, 0.6) is 0 Å². The van der Waals surface area contributed by atoms with Gasteiger partial charge in [-0.1, -0.05) is 30.7 Å². The van der Waals surface area contributed by atoms with Gasteiger partial charge in [-0.3, -0.25) is 4.99 Å². The number of hydrogen-bond donors (Lipinski definition) is 1. The summed E-state index contributed by atoms with van der Waals surface area (Å²) >= 11 is 0. The molecule has 1 saturated heterocycles. The lowest BCUT2D eigenvalue weighted by molar-refractivity contribution is 0.189. The van der Waals surface area contributed by atoms with Gasteiger partial charge in [-0.2, -0.15) is 0 Å². The van der Waals surface area contributed by atoms with E-state index in [4.69, 9.17) is 4.99 Å². The molecule has 6 heteroatoms. The number of halogens is 1. The highest BCUT2D eigenvalue weighted by molar-refractivity contribution is 14.0. The Morgan fingerprint density at radius 1 is 1.32 bits per heavy atom. The third-order valence-electron chi connectivity index (χ3n) is 5.60. The fourth-order valence-corrected chi connectivity index (χ4v) is 3.93. The average molecular weight is 495 g/mol. The van der Waals surface area contributed by atoms with Crippen LogP contribution in [0.1, 0.15) is 43.0 Å². The first-order valence-corrected chi connectivity index (χ1v) is 10.1. The zero-order valence-electron chi connectivity index (χ0n) is 17.6. The largest absolute Gasteiger partial charge is 0.357 e. The molecule has 1 aliphatic rings. The smallest absolute Gasteiger partial charge is 0.193 e. The first-order valence-electron chi connectivity index (χ1n) is 10.1. The number of benzene rings is 1. The Hall–Kier alpha value is -1.57. The normalized spacial score (nSPS) is 20.0. The molecule has 2 unspecified atom stereocenters. The number of piperidine rings is 1. The molecule has 3 rings (SSSR count). The van der Waals surface area contributed by atoms with Crippen molar-refractivity contribution >= 4 is 29.9 Å². The molecule has 1 aromatic carbocycles. The van der Waals surface area contributed by atoms with Crippen molar-refractivity contribution in [2.45, 2.75) is 46.6 Å². The maximum absolute atomic E-state index is 4.94. The summed E-state index contributed by atoms with van der Waals surface area (Å²) in [7, 11) is 0. The highest BCUT2D eigenvalue weighted by Crippen LogP contribution is 2.27. The highest BCUT2D eigenvalue weighted by Gasteiger charge is 2.28. The number of guanidine groups is 1. The molecule has 0 aliphatic carbocycles. The first kappa shape index (κ1) is 22.7. The van der Waals surface area contributed by atoms with Crippen LogP contribution in [0, 0.1) is 19.8 Å². The van der Waals surface area contributed by atoms with Crippen LogP contribution in [0.25, 0.3) is 0 Å². The molecule has 2 atom stereocenters. The second-order valence-corrected chi connectivity index (χ2v) is 7.70. The lowest BCUT2D eigenvalue weighted by Crippen LogP contribution is -2.49. The van der Waals surface area contributed by atoms with Crippen LogP contribution < -0.4 is 5.32 Å². The molecule has 5 nitrogen and oxygen atoms in total. The fraction of sp³-hybridized carbons (Fsp3) is 0.545. The third-order valence-corrected chi connectivity index (χ3v) is 5.60. The molecule has 154 valence electrons. The minimum absolute atomic E-state index is 0. The van der Waals surface area contributed by atoms with Crippen LogP contribution in [-0.2, 0) is 6.42 Å². The second-order valence-electron chi connectivity index (χ2n) is 7.70. The Bertz CT molecular complexity index is 756. The molecule has 2 aromatic rings. The maximum atomic E-state index is 4.94. The number of nitrogens with one attached hydrogen (secondary N) is 1. The number of nitrogens with zero attached hydrogens (tertiary/aromatic N) is 4. The third kappa shape index (κ3) is 5.72. The van der Waals surface area contributed by atoms with Crippen molar-refractivity contribution in [3.05, 3.63) is 53.6 Å². The Morgan fingerprint density at radius 2 is 2.14 bits per heavy atom. The molecule has 0 spiro atoms. The molecule has 1 N–H and O–H groups in total. The van der Waals surface area contributed by atoms with Gasteiger partial charge < -0.3 is 14.8 Å². The van der Waals surface area contributed by atoms with Crippen molar-refractivity contribution in [3.8, 4) is 0 Å². The quantitative estimate of drug-likeness (QED) is 0.384. The van der Waals surface area contributed by atoms with E-state index in [0.29, 0.717) is 12.0 Å². The lowest BCUT2D eigenvalue weighted by atomic mass is 9.93. The van der Waals surface area contributed by atoms with Gasteiger partial charge in [-0.05, 0) is 50.7 Å². The summed E-state index contributed by atoms with van der Waals surface area (Å²) in [5.74, 6) is 1.69. The van der Waals surface area contributed by atoms with E-state index in [1.807, 2.05) is 12.5 Å². The van der Waals surface area contributed by atoms with E-state index in [0.717, 1.165) is 38.6 Å². The zero-order valence-corrected chi connectivity index (χ0v) is 19.9. The van der Waals surface area contributed by atoms with Gasteiger partial charge in [-0.25, -0.2) is 4.98 Å². The predicted molar refractivity (Wildman–Crippen MR) is 128 cm³/mol. The SMILES string of the molecule is CCNC(=NCCc1ccc(C)cc1C)N1CCC(C)C(n2ccnc2)C1.I. The Morgan fingerprint density at radius 3 is 2.82 bits per heavy atom. The molecular weight excluding hydrogens is 461 g/mol. The van der Waals surface area contributed by atoms with Gasteiger partial charge in [0, 0.05) is 38.6 Å². The molecule has 28 heavy (non-hydrogen) atoms. The average Bonchev–Trinajstić information content (AvgIpc) is 3.18. The fourth-order valence-electron chi connectivity index (χ4n) is 3.93. The van der Waals surface area contributed by atoms with E-state index in [1.54, 1.807) is 0 Å². The van der Waals surface area contributed by atoms with E-state index in [2.05, 4.69) is 71.9 Å². The molecule has 1 aliphatic heterocycles. The number of imidazole rings is 1. The maximum Gasteiger partial charge on any atom is 0.193 e. The van der Waals surface area contributed by atoms with Crippen molar-refractivity contribution in [3.63, 3.8) is 0 Å². The summed E-state index contributed by atoms with van der Waals surface area (Å²) in [6.45, 7) is 12.6. The minimum atomic E-state index is 0. The van der Waals surface area contributed by atoms with E-state index < -0.39 is 0 Å². The number of likely N-dealkylation sites (tertiary alicyclic amines) is 1. The zero-order chi connectivity index (χ0) is 19.2. The van der Waals surface area contributed by atoms with Crippen molar-refractivity contribution < 1.29 is 0 Å². The van der Waals surface area contributed by atoms with Gasteiger partial charge in [0.2, 0.25) is 0 Å². The Labute approximate surface area is 186 Å². The summed E-state index contributed by atoms with van der Waals surface area (Å²) in [6, 6.07) is 7.14. The predicted octanol–water partition coefficient (Wildman–Crippen LogP) is 4.21. The van der Waals surface area contributed by atoms with Crippen molar-refractivity contribution in [1.29, 1.82) is 0 Å². The van der Waals surface area contributed by atoms with Crippen LogP contribution in [0.4, 0.5) is 0 Å². The van der Waals surface area contributed by atoms with Crippen LogP contribution in [0.3, 0.4) is 0 Å². The van der Waals surface area contributed by atoms with E-state index >= 15 is 0 Å². The van der Waals surface area contributed by atoms with Gasteiger partial charge in [0.15, 0.2) is 5.96 Å². The molecule has 0 amide bonds. The van der Waals surface area contributed by atoms with Crippen molar-refractivity contribution in [2.24, 2.45) is 10.9 Å². The number of rotatable bonds is 5. The van der Waals surface area contributed by atoms with Gasteiger partial charge in [0.05, 0.1) is 12.4 Å². The van der Waals surface area contributed by atoms with Crippen LogP contribution in [0.2, 0.25) is 0 Å². The van der Waals surface area contributed by atoms with Gasteiger partial charge in [0.1, 0.15) is 0 Å². The summed E-state index contributed by atoms with van der Waals surface area (Å²) in [5.41, 5.74) is 4.08. The number of hydrogen-bond acceptors (Lipinski definition) is 2. The number of aryl methyl sites for hydroxylation is 2. The number of aromatic nitrogens is 2. The van der Waals surface area contributed by atoms with E-state index in [9.17, 15) is 0 Å². The molecule has 1 aromatic heterocycles. The monoisotopic (exact) mass is 495 g/mol. The minimum Gasteiger partial charge on any atom is -0.357 e. The van der Waals surface area contributed by atoms with Crippen LogP contribution in [-0.4, -0.2) is 46.6 Å². The molecule has 0 radical (unpaired) electrons. The lowest BCUT2D eigenvalue weighted by Gasteiger charge is -2.39. The van der Waals surface area contributed by atoms with Crippen molar-refractivity contribution in [1.82, 2.24) is 19.8 Å². The standard InChI is InChI=1S/C22H33N5.HI/c1-5-24-22(25-10-8-20-7-6-17(2)14-19(20)4)26-12-9-18(3)21(15-26)27-13-11-23-16-27;/h6-7,11,13-14,16,18,21H,5,8-10,12,15H2,1-4H3,(H,24,25);1H. The molecule has 1 fully saturated rings. The Balaban J connectivity index is 0.00000280. The van der Waals surface area contributed by atoms with Gasteiger partial charge in [-0.15, -0.1) is 24.0 Å². The summed E-state index contributed by atoms with van der Waals surface area (Å²) in [5, 5.41) is 3.49. The number of aliphatic imine (C=N–C) groups is 1. The van der Waals surface area contributed by atoms with E-state index in [-0.39, 0.29) is 24.0 Å². The molecule has 0 bridgehead atoms. The van der Waals surface area contributed by atoms with Crippen molar-refractivity contribution in [2.75, 3.05) is 26.2 Å². The topological polar surface area (TPSA) is 45.5 Å². The highest BCUT2D eigenvalue weighted by atomic mass is 127. The second kappa shape index (κ2) is 10.8. The van der Waals surface area contributed by atoms with Crippen LogP contribution >= 0.6 is 24.0 Å². The molecule has 2 heterocycles. The summed E-state index contributed by atoms with van der Waals surface area (Å²) in [6.07, 6.45) is 8.04. The van der Waals surface area contributed by atoms with Crippen LogP contribution in [0.15, 0.2) is 41.9 Å².